The van der Waals surface area contributed by atoms with Crippen LogP contribution >= 0.6 is 54.5 Å². The summed E-state index contributed by atoms with van der Waals surface area (Å²) < 4.78 is 14.7. The summed E-state index contributed by atoms with van der Waals surface area (Å²) in [6, 6.07) is 16.5. The molecule has 0 fully saturated rings. The van der Waals surface area contributed by atoms with Gasteiger partial charge in [0.2, 0.25) is 0 Å². The lowest BCUT2D eigenvalue weighted by atomic mass is 10.0. The fourth-order valence-electron chi connectivity index (χ4n) is 4.74. The molecule has 0 bridgehead atoms. The zero-order valence-electron chi connectivity index (χ0n) is 25.8. The third kappa shape index (κ3) is 12.2. The predicted octanol–water partition coefficient (Wildman–Crippen LogP) is 12.9. The van der Waals surface area contributed by atoms with Crippen molar-refractivity contribution in [1.29, 1.82) is 10.5 Å². The molecule has 0 atom stereocenters. The van der Waals surface area contributed by atoms with Crippen molar-refractivity contribution in [2.75, 3.05) is 13.2 Å². The highest BCUT2D eigenvalue weighted by Gasteiger charge is 2.15. The van der Waals surface area contributed by atoms with Crippen molar-refractivity contribution >= 4 is 77.8 Å². The largest absolute Gasteiger partial charge is 0.493 e. The molecule has 8 heteroatoms. The van der Waals surface area contributed by atoms with E-state index in [9.17, 15) is 10.5 Å². The van der Waals surface area contributed by atoms with Crippen LogP contribution in [0.4, 0.5) is 0 Å². The summed E-state index contributed by atoms with van der Waals surface area (Å²) in [6.45, 7) is 5.63. The van der Waals surface area contributed by atoms with E-state index in [0.717, 1.165) is 54.1 Å². The zero-order chi connectivity index (χ0) is 31.6. The van der Waals surface area contributed by atoms with E-state index >= 15 is 0 Å². The van der Waals surface area contributed by atoms with Gasteiger partial charge >= 0.3 is 0 Å². The number of allylic oxidation sites excluding steroid dienone is 2. The average Bonchev–Trinajstić information content (AvgIpc) is 3.66. The first-order valence-corrected chi connectivity index (χ1v) is 18.9. The minimum absolute atomic E-state index is 0.566. The van der Waals surface area contributed by atoms with Crippen LogP contribution in [-0.4, -0.2) is 13.2 Å². The molecule has 3 aromatic rings. The van der Waals surface area contributed by atoms with Crippen molar-refractivity contribution in [3.05, 3.63) is 64.9 Å². The second-order valence-electron chi connectivity index (χ2n) is 10.7. The maximum Gasteiger partial charge on any atom is 0.127 e. The highest BCUT2D eigenvalue weighted by molar-refractivity contribution is 9.11. The van der Waals surface area contributed by atoms with Crippen LogP contribution in [0.5, 0.6) is 11.5 Å². The first-order chi connectivity index (χ1) is 21.5. The molecule has 0 aliphatic heterocycles. The number of nitrogens with zero attached hydrogens (tertiary/aromatic N) is 2. The lowest BCUT2D eigenvalue weighted by molar-refractivity contribution is 0.295. The fourth-order valence-corrected chi connectivity index (χ4v) is 7.45. The van der Waals surface area contributed by atoms with Gasteiger partial charge < -0.3 is 9.47 Å². The van der Waals surface area contributed by atoms with Crippen LogP contribution < -0.4 is 9.47 Å². The lowest BCUT2D eigenvalue weighted by Crippen LogP contribution is -2.03. The zero-order valence-corrected chi connectivity index (χ0v) is 30.6. The molecule has 44 heavy (non-hydrogen) atoms. The summed E-state index contributed by atoms with van der Waals surface area (Å²) in [5, 5.41) is 20.2. The smallest absolute Gasteiger partial charge is 0.127 e. The molecule has 0 N–H and O–H groups in total. The van der Waals surface area contributed by atoms with Gasteiger partial charge in [0.1, 0.15) is 23.6 Å². The van der Waals surface area contributed by atoms with Gasteiger partial charge in [0.15, 0.2) is 0 Å². The number of nitriles is 2. The summed E-state index contributed by atoms with van der Waals surface area (Å²) in [6.07, 6.45) is 17.9. The van der Waals surface area contributed by atoms with Gasteiger partial charge in [-0.2, -0.15) is 10.5 Å². The van der Waals surface area contributed by atoms with Crippen LogP contribution in [0.25, 0.3) is 23.3 Å². The van der Waals surface area contributed by atoms with Crippen molar-refractivity contribution < 1.29 is 9.47 Å². The summed E-state index contributed by atoms with van der Waals surface area (Å²) in [5.74, 6) is 1.37. The third-order valence-electron chi connectivity index (χ3n) is 7.17. The molecular weight excluding hydrogens is 716 g/mol. The molecule has 0 radical (unpaired) electrons. The van der Waals surface area contributed by atoms with Crippen LogP contribution in [0.3, 0.4) is 0 Å². The van der Waals surface area contributed by atoms with Crippen LogP contribution in [-0.2, 0) is 0 Å². The normalized spacial score (nSPS) is 11.8. The Morgan fingerprint density at radius 1 is 0.636 bits per heavy atom. The maximum absolute atomic E-state index is 10.1. The van der Waals surface area contributed by atoms with Crippen molar-refractivity contribution in [2.45, 2.75) is 90.9 Å². The molecule has 3 rings (SSSR count). The standard InChI is InChI=1S/C36H42Br2N2O2S2/c1-3-5-7-9-11-13-19-41-31-23-28(22-30(26-40)34-16-18-36(38)44-34)32(42-20-14-12-10-8-6-4-2)24-27(31)21-29(25-39)33-15-17-35(37)43-33/h15-18,21-24H,3-14,19-20H2,1-2H3. The van der Waals surface area contributed by atoms with E-state index in [0.29, 0.717) is 35.9 Å². The number of rotatable bonds is 20. The Labute approximate surface area is 288 Å². The fraction of sp³-hybridized carbons (Fsp3) is 0.444. The molecule has 2 aromatic heterocycles. The van der Waals surface area contributed by atoms with Gasteiger partial charge in [0, 0.05) is 20.9 Å². The number of ether oxygens (including phenoxy) is 2. The van der Waals surface area contributed by atoms with Gasteiger partial charge in [0.05, 0.1) is 31.9 Å². The molecule has 0 aliphatic carbocycles. The van der Waals surface area contributed by atoms with E-state index in [1.807, 2.05) is 48.6 Å². The van der Waals surface area contributed by atoms with E-state index in [-0.39, 0.29) is 0 Å². The molecule has 0 saturated heterocycles. The van der Waals surface area contributed by atoms with Crippen molar-refractivity contribution in [1.82, 2.24) is 0 Å². The number of unbranched alkanes of at least 4 members (excludes halogenated alkanes) is 10. The van der Waals surface area contributed by atoms with Gasteiger partial charge in [-0.1, -0.05) is 78.1 Å². The van der Waals surface area contributed by atoms with Crippen LogP contribution in [0.1, 0.15) is 112 Å². The van der Waals surface area contributed by atoms with Crippen molar-refractivity contribution in [3.8, 4) is 23.6 Å². The van der Waals surface area contributed by atoms with Gasteiger partial charge in [0.25, 0.3) is 0 Å². The van der Waals surface area contributed by atoms with Crippen molar-refractivity contribution in [2.24, 2.45) is 0 Å². The molecule has 2 heterocycles. The number of halogens is 2. The number of hydrogen-bond donors (Lipinski definition) is 0. The highest BCUT2D eigenvalue weighted by Crippen LogP contribution is 2.37. The monoisotopic (exact) mass is 756 g/mol. The predicted molar refractivity (Wildman–Crippen MR) is 195 cm³/mol. The third-order valence-corrected chi connectivity index (χ3v) is 10.5. The van der Waals surface area contributed by atoms with E-state index in [1.54, 1.807) is 0 Å². The molecule has 0 aliphatic rings. The topological polar surface area (TPSA) is 66.0 Å². The second kappa shape index (κ2) is 20.6. The Morgan fingerprint density at radius 3 is 1.36 bits per heavy atom. The van der Waals surface area contributed by atoms with Gasteiger partial charge in [-0.15, -0.1) is 22.7 Å². The Morgan fingerprint density at radius 2 is 1.02 bits per heavy atom. The molecular formula is C36H42Br2N2O2S2. The maximum atomic E-state index is 10.1. The summed E-state index contributed by atoms with van der Waals surface area (Å²) >= 11 is 10.1. The average molecular weight is 759 g/mol. The molecule has 234 valence electrons. The van der Waals surface area contributed by atoms with Gasteiger partial charge in [-0.25, -0.2) is 0 Å². The first-order valence-electron chi connectivity index (χ1n) is 15.7. The lowest BCUT2D eigenvalue weighted by Gasteiger charge is -2.16. The molecule has 0 unspecified atom stereocenters. The number of hydrogen-bond acceptors (Lipinski definition) is 6. The summed E-state index contributed by atoms with van der Waals surface area (Å²) in [5.41, 5.74) is 2.72. The summed E-state index contributed by atoms with van der Waals surface area (Å²) in [4.78, 5) is 1.77. The van der Waals surface area contributed by atoms with E-state index < -0.39 is 0 Å². The number of benzene rings is 1. The Bertz CT molecular complexity index is 1350. The van der Waals surface area contributed by atoms with E-state index in [2.05, 4.69) is 57.8 Å². The molecule has 0 amide bonds. The van der Waals surface area contributed by atoms with E-state index in [4.69, 9.17) is 9.47 Å². The van der Waals surface area contributed by atoms with Gasteiger partial charge in [-0.05, 0) is 93.3 Å². The van der Waals surface area contributed by atoms with Crippen LogP contribution in [0, 0.1) is 22.7 Å². The molecule has 0 spiro atoms. The second-order valence-corrected chi connectivity index (χ2v) is 15.6. The number of thiophene rings is 2. The Hall–Kier alpha value is -2.36. The van der Waals surface area contributed by atoms with Gasteiger partial charge in [-0.3, -0.25) is 0 Å². The quantitative estimate of drug-likeness (QED) is 0.0850. The minimum atomic E-state index is 0.566. The highest BCUT2D eigenvalue weighted by atomic mass is 79.9. The minimum Gasteiger partial charge on any atom is -0.493 e. The Balaban J connectivity index is 1.98. The Kier molecular flexibility index (Phi) is 16.9. The van der Waals surface area contributed by atoms with E-state index in [1.165, 1.54) is 74.0 Å². The molecule has 0 saturated carbocycles. The van der Waals surface area contributed by atoms with Crippen LogP contribution in [0.2, 0.25) is 0 Å². The van der Waals surface area contributed by atoms with Crippen LogP contribution in [0.15, 0.2) is 44.0 Å². The first kappa shape index (κ1) is 36.1. The molecule has 1 aromatic carbocycles. The van der Waals surface area contributed by atoms with Crippen molar-refractivity contribution in [3.63, 3.8) is 0 Å². The SMILES string of the molecule is CCCCCCCCOc1cc(C=C(C#N)c2ccc(Br)s2)c(OCCCCCCCC)cc1C=C(C#N)c1ccc(Br)s1. The molecule has 4 nitrogen and oxygen atoms in total. The summed E-state index contributed by atoms with van der Waals surface area (Å²) in [7, 11) is 0.